The van der Waals surface area contributed by atoms with E-state index in [2.05, 4.69) is 6.07 Å². The van der Waals surface area contributed by atoms with Gasteiger partial charge in [0, 0.05) is 13.1 Å². The second kappa shape index (κ2) is 6.77. The van der Waals surface area contributed by atoms with Crippen molar-refractivity contribution in [2.75, 3.05) is 13.1 Å². The van der Waals surface area contributed by atoms with Crippen LogP contribution in [-0.2, 0) is 4.79 Å². The van der Waals surface area contributed by atoms with Crippen molar-refractivity contribution in [3.05, 3.63) is 35.9 Å². The Balaban J connectivity index is 2.76. The molecule has 1 unspecified atom stereocenters. The van der Waals surface area contributed by atoms with Gasteiger partial charge in [0.1, 0.15) is 6.04 Å². The third-order valence-corrected chi connectivity index (χ3v) is 2.83. The second-order valence-corrected chi connectivity index (χ2v) is 4.30. The molecule has 0 saturated carbocycles. The number of carbonyl (C=O) groups excluding carboxylic acids is 1. The third kappa shape index (κ3) is 3.57. The quantitative estimate of drug-likeness (QED) is 0.858. The van der Waals surface area contributed by atoms with E-state index in [1.807, 2.05) is 37.3 Å². The van der Waals surface area contributed by atoms with E-state index in [0.29, 0.717) is 13.1 Å². The van der Waals surface area contributed by atoms with Crippen LogP contribution in [0.4, 0.5) is 0 Å². The minimum Gasteiger partial charge on any atom is -0.340 e. The van der Waals surface area contributed by atoms with E-state index in [1.54, 1.807) is 11.8 Å². The Labute approximate surface area is 108 Å². The molecule has 1 aromatic rings. The van der Waals surface area contributed by atoms with Crippen LogP contribution in [0, 0.1) is 17.2 Å². The van der Waals surface area contributed by atoms with Crippen molar-refractivity contribution in [2.24, 2.45) is 11.7 Å². The van der Waals surface area contributed by atoms with Gasteiger partial charge in [-0.2, -0.15) is 5.26 Å². The molecular formula is C14H19N3O. The highest BCUT2D eigenvalue weighted by molar-refractivity contribution is 5.83. The van der Waals surface area contributed by atoms with E-state index < -0.39 is 6.04 Å². The van der Waals surface area contributed by atoms with Gasteiger partial charge in [0.15, 0.2) is 0 Å². The molecule has 0 aliphatic carbocycles. The van der Waals surface area contributed by atoms with Gasteiger partial charge >= 0.3 is 0 Å². The normalized spacial score (nSPS) is 13.4. The molecule has 0 aliphatic heterocycles. The predicted octanol–water partition coefficient (Wildman–Crippen LogP) is 1.69. The van der Waals surface area contributed by atoms with Crippen LogP contribution in [0.25, 0.3) is 0 Å². The van der Waals surface area contributed by atoms with Crippen molar-refractivity contribution < 1.29 is 4.79 Å². The fourth-order valence-electron chi connectivity index (χ4n) is 1.75. The number of nitrogens with zero attached hydrogens (tertiary/aromatic N) is 2. The van der Waals surface area contributed by atoms with E-state index >= 15 is 0 Å². The second-order valence-electron chi connectivity index (χ2n) is 4.30. The van der Waals surface area contributed by atoms with E-state index in [4.69, 9.17) is 11.0 Å². The van der Waals surface area contributed by atoms with Crippen LogP contribution in [0.2, 0.25) is 0 Å². The summed E-state index contributed by atoms with van der Waals surface area (Å²) in [7, 11) is 0. The highest BCUT2D eigenvalue weighted by Gasteiger charge is 2.22. The summed E-state index contributed by atoms with van der Waals surface area (Å²) < 4.78 is 0. The van der Waals surface area contributed by atoms with Gasteiger partial charge in [-0.25, -0.2) is 0 Å². The fourth-order valence-corrected chi connectivity index (χ4v) is 1.75. The predicted molar refractivity (Wildman–Crippen MR) is 70.4 cm³/mol. The first-order chi connectivity index (χ1) is 8.60. The highest BCUT2D eigenvalue weighted by atomic mass is 16.2. The molecule has 2 N–H and O–H groups in total. The zero-order valence-electron chi connectivity index (χ0n) is 10.8. The first kappa shape index (κ1) is 14.2. The topological polar surface area (TPSA) is 70.1 Å². The molecule has 0 bridgehead atoms. The molecule has 0 heterocycles. The fraction of sp³-hybridized carbons (Fsp3) is 0.429. The van der Waals surface area contributed by atoms with Crippen LogP contribution in [0.3, 0.4) is 0 Å². The molecule has 0 spiro atoms. The summed E-state index contributed by atoms with van der Waals surface area (Å²) in [4.78, 5) is 13.8. The zero-order chi connectivity index (χ0) is 13.5. The Morgan fingerprint density at radius 3 is 2.56 bits per heavy atom. The standard InChI is InChI=1S/C14H19N3O/c1-3-17(10-11(2)9-15)14(18)13(16)12-7-5-4-6-8-12/h4-8,11,13H,3,10,16H2,1-2H3/t11?,13-/m0/s1. The van der Waals surface area contributed by atoms with E-state index in [9.17, 15) is 4.79 Å². The third-order valence-electron chi connectivity index (χ3n) is 2.83. The Morgan fingerprint density at radius 2 is 2.06 bits per heavy atom. The maximum atomic E-state index is 12.2. The number of hydrogen-bond acceptors (Lipinski definition) is 3. The lowest BCUT2D eigenvalue weighted by Crippen LogP contribution is -2.40. The van der Waals surface area contributed by atoms with E-state index in [1.165, 1.54) is 0 Å². The summed E-state index contributed by atoms with van der Waals surface area (Å²) in [5, 5.41) is 8.80. The monoisotopic (exact) mass is 245 g/mol. The number of benzene rings is 1. The first-order valence-corrected chi connectivity index (χ1v) is 6.09. The number of hydrogen-bond donors (Lipinski definition) is 1. The largest absolute Gasteiger partial charge is 0.340 e. The minimum absolute atomic E-state index is 0.134. The zero-order valence-corrected chi connectivity index (χ0v) is 10.8. The summed E-state index contributed by atoms with van der Waals surface area (Å²) in [6.07, 6.45) is 0. The van der Waals surface area contributed by atoms with Crippen molar-refractivity contribution in [1.82, 2.24) is 4.90 Å². The maximum absolute atomic E-state index is 12.2. The summed E-state index contributed by atoms with van der Waals surface area (Å²) >= 11 is 0. The lowest BCUT2D eigenvalue weighted by molar-refractivity contribution is -0.132. The molecule has 4 heteroatoms. The van der Waals surface area contributed by atoms with Gasteiger partial charge < -0.3 is 10.6 Å². The van der Waals surface area contributed by atoms with Crippen LogP contribution in [0.15, 0.2) is 30.3 Å². The average molecular weight is 245 g/mol. The number of nitrogens with two attached hydrogens (primary N) is 1. The Morgan fingerprint density at radius 1 is 1.44 bits per heavy atom. The van der Waals surface area contributed by atoms with Crippen molar-refractivity contribution in [3.8, 4) is 6.07 Å². The molecule has 0 radical (unpaired) electrons. The number of carbonyl (C=O) groups is 1. The number of rotatable bonds is 5. The van der Waals surface area contributed by atoms with E-state index in [-0.39, 0.29) is 11.8 Å². The minimum atomic E-state index is -0.656. The van der Waals surface area contributed by atoms with Gasteiger partial charge in [-0.3, -0.25) is 4.79 Å². The summed E-state index contributed by atoms with van der Waals surface area (Å²) in [5.41, 5.74) is 6.75. The smallest absolute Gasteiger partial charge is 0.244 e. The molecule has 0 fully saturated rings. The highest BCUT2D eigenvalue weighted by Crippen LogP contribution is 2.13. The van der Waals surface area contributed by atoms with Crippen molar-refractivity contribution in [2.45, 2.75) is 19.9 Å². The van der Waals surface area contributed by atoms with Crippen LogP contribution >= 0.6 is 0 Å². The molecule has 4 nitrogen and oxygen atoms in total. The van der Waals surface area contributed by atoms with Crippen molar-refractivity contribution >= 4 is 5.91 Å². The molecule has 0 aromatic heterocycles. The summed E-state index contributed by atoms with van der Waals surface area (Å²) in [6.45, 7) is 4.67. The van der Waals surface area contributed by atoms with Crippen LogP contribution in [-0.4, -0.2) is 23.9 Å². The van der Waals surface area contributed by atoms with Gasteiger partial charge in [-0.05, 0) is 19.4 Å². The van der Waals surface area contributed by atoms with E-state index in [0.717, 1.165) is 5.56 Å². The van der Waals surface area contributed by atoms with Gasteiger partial charge in [0.05, 0.1) is 12.0 Å². The average Bonchev–Trinajstić information content (AvgIpc) is 2.43. The lowest BCUT2D eigenvalue weighted by atomic mass is 10.1. The van der Waals surface area contributed by atoms with Gasteiger partial charge in [-0.15, -0.1) is 0 Å². The molecule has 2 atom stereocenters. The molecule has 0 aliphatic rings. The van der Waals surface area contributed by atoms with Gasteiger partial charge in [0.2, 0.25) is 5.91 Å². The molecule has 1 aromatic carbocycles. The molecular weight excluding hydrogens is 226 g/mol. The number of likely N-dealkylation sites (N-methyl/N-ethyl adjacent to an activating group) is 1. The Kier molecular flexibility index (Phi) is 5.34. The Bertz CT molecular complexity index is 424. The number of amides is 1. The molecule has 0 saturated heterocycles. The van der Waals surface area contributed by atoms with Crippen LogP contribution < -0.4 is 5.73 Å². The molecule has 1 rings (SSSR count). The van der Waals surface area contributed by atoms with Gasteiger partial charge in [0.25, 0.3) is 0 Å². The Hall–Kier alpha value is -1.86. The SMILES string of the molecule is CCN(CC(C)C#N)C(=O)[C@@H](N)c1ccccc1. The van der Waals surface area contributed by atoms with Crippen molar-refractivity contribution in [3.63, 3.8) is 0 Å². The number of nitriles is 1. The maximum Gasteiger partial charge on any atom is 0.244 e. The first-order valence-electron chi connectivity index (χ1n) is 6.09. The van der Waals surface area contributed by atoms with Crippen molar-refractivity contribution in [1.29, 1.82) is 5.26 Å². The summed E-state index contributed by atoms with van der Waals surface area (Å²) in [5.74, 6) is -0.317. The molecule has 96 valence electrons. The molecule has 18 heavy (non-hydrogen) atoms. The van der Waals surface area contributed by atoms with Gasteiger partial charge in [-0.1, -0.05) is 30.3 Å². The summed E-state index contributed by atoms with van der Waals surface area (Å²) in [6, 6.07) is 10.7. The lowest BCUT2D eigenvalue weighted by Gasteiger charge is -2.25. The van der Waals surface area contributed by atoms with Crippen LogP contribution in [0.5, 0.6) is 0 Å². The van der Waals surface area contributed by atoms with Crippen LogP contribution in [0.1, 0.15) is 25.5 Å². The molecule has 1 amide bonds.